The third-order valence-corrected chi connectivity index (χ3v) is 5.00. The number of aromatic nitrogens is 3. The number of ether oxygens (including phenoxy) is 1. The largest absolute Gasteiger partial charge is 0.468 e. The molecule has 3 rings (SSSR count). The highest BCUT2D eigenvalue weighted by Gasteiger charge is 2.19. The minimum atomic E-state index is -0.855. The van der Waals surface area contributed by atoms with Crippen LogP contribution in [0.2, 0.25) is 0 Å². The number of rotatable bonds is 4. The van der Waals surface area contributed by atoms with Crippen LogP contribution in [0.25, 0.3) is 10.2 Å². The summed E-state index contributed by atoms with van der Waals surface area (Å²) in [6, 6.07) is 3.37. The maximum absolute atomic E-state index is 14.4. The molecule has 0 radical (unpaired) electrons. The van der Waals surface area contributed by atoms with Crippen LogP contribution in [0.3, 0.4) is 0 Å². The number of hydrogen-bond donors (Lipinski definition) is 0. The Morgan fingerprint density at radius 1 is 1.29 bits per heavy atom. The third-order valence-electron chi connectivity index (χ3n) is 3.97. The molecule has 28 heavy (non-hydrogen) atoms. The van der Waals surface area contributed by atoms with Crippen LogP contribution in [0.4, 0.5) is 8.78 Å². The van der Waals surface area contributed by atoms with Gasteiger partial charge in [0.15, 0.2) is 10.6 Å². The summed E-state index contributed by atoms with van der Waals surface area (Å²) < 4.78 is 35.6. The molecule has 148 valence electrons. The van der Waals surface area contributed by atoms with Crippen molar-refractivity contribution in [2.75, 3.05) is 7.11 Å². The smallest absolute Gasteiger partial charge is 0.325 e. The Labute approximate surface area is 162 Å². The van der Waals surface area contributed by atoms with Gasteiger partial charge in [-0.1, -0.05) is 11.3 Å². The van der Waals surface area contributed by atoms with Crippen LogP contribution in [0, 0.1) is 18.6 Å². The van der Waals surface area contributed by atoms with Crippen LogP contribution >= 0.6 is 11.3 Å². The molecular weight excluding hydrogens is 390 g/mol. The molecule has 0 spiro atoms. The SMILES string of the molecule is COC(=O)Cn1c(=NC(=O)c2cc(C)nn2C(C)C)sc2cc(F)cc(F)c21. The summed E-state index contributed by atoms with van der Waals surface area (Å²) in [5, 5.41) is 4.27. The van der Waals surface area contributed by atoms with Gasteiger partial charge in [-0.2, -0.15) is 10.1 Å². The summed E-state index contributed by atoms with van der Waals surface area (Å²) in [5.41, 5.74) is 0.900. The van der Waals surface area contributed by atoms with Crippen molar-refractivity contribution in [3.05, 3.63) is 46.0 Å². The average molecular weight is 408 g/mol. The van der Waals surface area contributed by atoms with E-state index in [2.05, 4.69) is 14.8 Å². The summed E-state index contributed by atoms with van der Waals surface area (Å²) in [6.07, 6.45) is 0. The lowest BCUT2D eigenvalue weighted by molar-refractivity contribution is -0.141. The van der Waals surface area contributed by atoms with Crippen LogP contribution < -0.4 is 4.80 Å². The number of carbonyl (C=O) groups is 2. The molecule has 0 N–H and O–H groups in total. The molecule has 0 fully saturated rings. The Kier molecular flexibility index (Phi) is 5.41. The van der Waals surface area contributed by atoms with Gasteiger partial charge in [0.05, 0.1) is 23.0 Å². The predicted octanol–water partition coefficient (Wildman–Crippen LogP) is 2.98. The van der Waals surface area contributed by atoms with E-state index in [9.17, 15) is 18.4 Å². The minimum Gasteiger partial charge on any atom is -0.468 e. The number of nitrogens with zero attached hydrogens (tertiary/aromatic N) is 4. The fourth-order valence-electron chi connectivity index (χ4n) is 2.77. The number of hydrogen-bond acceptors (Lipinski definition) is 5. The van der Waals surface area contributed by atoms with E-state index in [1.807, 2.05) is 13.8 Å². The number of fused-ring (bicyclic) bond motifs is 1. The van der Waals surface area contributed by atoms with Crippen molar-refractivity contribution in [2.45, 2.75) is 33.4 Å². The number of benzene rings is 1. The number of amides is 1. The Balaban J connectivity index is 2.21. The van der Waals surface area contributed by atoms with E-state index in [4.69, 9.17) is 0 Å². The Bertz CT molecular complexity index is 1140. The zero-order chi connectivity index (χ0) is 20.6. The fraction of sp³-hybridized carbons (Fsp3) is 0.333. The van der Waals surface area contributed by atoms with Gasteiger partial charge in [-0.25, -0.2) is 8.78 Å². The molecule has 0 bridgehead atoms. The van der Waals surface area contributed by atoms with Gasteiger partial charge in [0, 0.05) is 12.1 Å². The van der Waals surface area contributed by atoms with Gasteiger partial charge < -0.3 is 9.30 Å². The van der Waals surface area contributed by atoms with Crippen molar-refractivity contribution in [3.8, 4) is 0 Å². The molecule has 0 unspecified atom stereocenters. The molecule has 1 amide bonds. The van der Waals surface area contributed by atoms with Crippen LogP contribution in [0.5, 0.6) is 0 Å². The fourth-order valence-corrected chi connectivity index (χ4v) is 3.84. The van der Waals surface area contributed by atoms with Crippen LogP contribution in [-0.2, 0) is 16.1 Å². The minimum absolute atomic E-state index is 0.0168. The van der Waals surface area contributed by atoms with Crippen molar-refractivity contribution < 1.29 is 23.1 Å². The number of carbonyl (C=O) groups excluding carboxylic acids is 2. The molecule has 0 aliphatic rings. The first kappa shape index (κ1) is 19.9. The molecule has 0 saturated heterocycles. The van der Waals surface area contributed by atoms with E-state index >= 15 is 0 Å². The second-order valence-corrected chi connectivity index (χ2v) is 7.42. The van der Waals surface area contributed by atoms with E-state index < -0.39 is 23.5 Å². The molecule has 0 saturated carbocycles. The first-order valence-corrected chi connectivity index (χ1v) is 9.23. The normalized spacial score (nSPS) is 12.2. The second-order valence-electron chi connectivity index (χ2n) is 6.41. The Hall–Kier alpha value is -2.88. The zero-order valence-electron chi connectivity index (χ0n) is 15.7. The number of esters is 1. The Morgan fingerprint density at radius 2 is 2.00 bits per heavy atom. The van der Waals surface area contributed by atoms with Crippen molar-refractivity contribution in [2.24, 2.45) is 4.99 Å². The molecule has 10 heteroatoms. The number of methoxy groups -OCH3 is 1. The first-order valence-electron chi connectivity index (χ1n) is 8.41. The Morgan fingerprint density at radius 3 is 2.64 bits per heavy atom. The second kappa shape index (κ2) is 7.63. The van der Waals surface area contributed by atoms with Gasteiger partial charge in [0.1, 0.15) is 18.1 Å². The molecule has 0 aliphatic heterocycles. The summed E-state index contributed by atoms with van der Waals surface area (Å²) >= 11 is 0.907. The van der Waals surface area contributed by atoms with Crippen LogP contribution in [-0.4, -0.2) is 33.3 Å². The molecule has 3 aromatic rings. The quantitative estimate of drug-likeness (QED) is 0.622. The van der Waals surface area contributed by atoms with Crippen molar-refractivity contribution in [1.29, 1.82) is 0 Å². The standard InChI is InChI=1S/C18H18F2N4O3S/c1-9(2)24-13(5-10(3)22-24)17(26)21-18-23(8-15(25)27-4)16-12(20)6-11(19)7-14(16)28-18/h5-7,9H,8H2,1-4H3. The lowest BCUT2D eigenvalue weighted by Gasteiger charge is -2.08. The predicted molar refractivity (Wildman–Crippen MR) is 99.0 cm³/mol. The average Bonchev–Trinajstić information content (AvgIpc) is 3.16. The summed E-state index contributed by atoms with van der Waals surface area (Å²) in [5.74, 6) is -2.87. The van der Waals surface area contributed by atoms with E-state index in [1.165, 1.54) is 11.7 Å². The number of halogens is 2. The lowest BCUT2D eigenvalue weighted by Crippen LogP contribution is -2.23. The summed E-state index contributed by atoms with van der Waals surface area (Å²) in [6.45, 7) is 5.13. The van der Waals surface area contributed by atoms with Crippen molar-refractivity contribution in [3.63, 3.8) is 0 Å². The monoisotopic (exact) mass is 408 g/mol. The van der Waals surface area contributed by atoms with Gasteiger partial charge in [0.2, 0.25) is 0 Å². The van der Waals surface area contributed by atoms with Gasteiger partial charge in [-0.3, -0.25) is 14.3 Å². The highest BCUT2D eigenvalue weighted by atomic mass is 32.1. The van der Waals surface area contributed by atoms with Crippen LogP contribution in [0.1, 0.15) is 36.1 Å². The van der Waals surface area contributed by atoms with Gasteiger partial charge in [-0.05, 0) is 32.9 Å². The molecule has 2 heterocycles. The van der Waals surface area contributed by atoms with E-state index in [1.54, 1.807) is 17.7 Å². The van der Waals surface area contributed by atoms with E-state index in [0.717, 1.165) is 17.4 Å². The highest BCUT2D eigenvalue weighted by Crippen LogP contribution is 2.22. The topological polar surface area (TPSA) is 78.5 Å². The molecule has 7 nitrogen and oxygen atoms in total. The van der Waals surface area contributed by atoms with E-state index in [-0.39, 0.29) is 33.3 Å². The molecule has 1 aromatic carbocycles. The molecule has 0 aliphatic carbocycles. The zero-order valence-corrected chi connectivity index (χ0v) is 16.5. The summed E-state index contributed by atoms with van der Waals surface area (Å²) in [4.78, 5) is 28.7. The van der Waals surface area contributed by atoms with Crippen LogP contribution in [0.15, 0.2) is 23.2 Å². The van der Waals surface area contributed by atoms with Crippen molar-refractivity contribution >= 4 is 33.4 Å². The van der Waals surface area contributed by atoms with Gasteiger partial charge >= 0.3 is 5.97 Å². The number of thiazole rings is 1. The third kappa shape index (κ3) is 3.72. The van der Waals surface area contributed by atoms with Crippen molar-refractivity contribution in [1.82, 2.24) is 14.3 Å². The maximum atomic E-state index is 14.4. The molecule has 2 aromatic heterocycles. The highest BCUT2D eigenvalue weighted by molar-refractivity contribution is 7.16. The van der Waals surface area contributed by atoms with E-state index in [0.29, 0.717) is 11.8 Å². The first-order chi connectivity index (χ1) is 13.2. The van der Waals surface area contributed by atoms with Gasteiger partial charge in [-0.15, -0.1) is 0 Å². The molecular formula is C18H18F2N4O3S. The number of aryl methyl sites for hydroxylation is 1. The van der Waals surface area contributed by atoms with Gasteiger partial charge in [0.25, 0.3) is 5.91 Å². The summed E-state index contributed by atoms with van der Waals surface area (Å²) in [7, 11) is 1.19. The molecule has 0 atom stereocenters. The maximum Gasteiger partial charge on any atom is 0.325 e. The lowest BCUT2D eigenvalue weighted by atomic mass is 10.3.